The quantitative estimate of drug-likeness (QED) is 0.673. The predicted molar refractivity (Wildman–Crippen MR) is 103 cm³/mol. The molecule has 0 amide bonds. The normalized spacial score (nSPS) is 12.7. The summed E-state index contributed by atoms with van der Waals surface area (Å²) in [5.74, 6) is 0.538. The molecule has 3 nitrogen and oxygen atoms in total. The van der Waals surface area contributed by atoms with Gasteiger partial charge in [-0.05, 0) is 25.8 Å². The SMILES string of the molecule is C.CC.CC.CC.CC(C)c1cc2n(n1)CCN(C(C)C)C2. The zero-order valence-electron chi connectivity index (χ0n) is 16.2. The summed E-state index contributed by atoms with van der Waals surface area (Å²) in [4.78, 5) is 2.50. The summed E-state index contributed by atoms with van der Waals surface area (Å²) in [6.45, 7) is 24.1. The molecule has 0 aromatic carbocycles. The smallest absolute Gasteiger partial charge is 0.0653 e. The van der Waals surface area contributed by atoms with Gasteiger partial charge in [0, 0.05) is 19.1 Å². The van der Waals surface area contributed by atoms with Crippen molar-refractivity contribution in [2.75, 3.05) is 6.54 Å². The Kier molecular flexibility index (Phi) is 17.9. The third kappa shape index (κ3) is 7.98. The van der Waals surface area contributed by atoms with Gasteiger partial charge in [0.2, 0.25) is 0 Å². The van der Waals surface area contributed by atoms with Crippen molar-refractivity contribution >= 4 is 0 Å². The van der Waals surface area contributed by atoms with Gasteiger partial charge in [-0.3, -0.25) is 9.58 Å². The van der Waals surface area contributed by atoms with Gasteiger partial charge in [0.15, 0.2) is 0 Å². The van der Waals surface area contributed by atoms with E-state index in [1.54, 1.807) is 0 Å². The predicted octanol–water partition coefficient (Wildman–Crippen LogP) is 5.95. The molecule has 0 saturated carbocycles. The largest absolute Gasteiger partial charge is 0.293 e. The Morgan fingerprint density at radius 3 is 1.82 bits per heavy atom. The van der Waals surface area contributed by atoms with Crippen LogP contribution in [-0.4, -0.2) is 27.3 Å². The lowest BCUT2D eigenvalue weighted by Crippen LogP contribution is -2.38. The van der Waals surface area contributed by atoms with Gasteiger partial charge in [-0.1, -0.05) is 62.8 Å². The van der Waals surface area contributed by atoms with Gasteiger partial charge in [0.05, 0.1) is 17.9 Å². The van der Waals surface area contributed by atoms with Gasteiger partial charge in [0.25, 0.3) is 0 Å². The van der Waals surface area contributed by atoms with Crippen LogP contribution in [0.3, 0.4) is 0 Å². The summed E-state index contributed by atoms with van der Waals surface area (Å²) in [6, 6.07) is 2.90. The Bertz CT molecular complexity index is 340. The van der Waals surface area contributed by atoms with Gasteiger partial charge in [-0.25, -0.2) is 0 Å². The van der Waals surface area contributed by atoms with Crippen LogP contribution in [0.5, 0.6) is 0 Å². The number of hydrogen-bond acceptors (Lipinski definition) is 2. The molecule has 1 aliphatic rings. The maximum absolute atomic E-state index is 4.63. The fourth-order valence-corrected chi connectivity index (χ4v) is 2.03. The molecule has 0 spiro atoms. The van der Waals surface area contributed by atoms with Crippen LogP contribution in [0.4, 0.5) is 0 Å². The Balaban J connectivity index is -0.000000463. The van der Waals surface area contributed by atoms with E-state index in [2.05, 4.69) is 48.4 Å². The van der Waals surface area contributed by atoms with Gasteiger partial charge < -0.3 is 0 Å². The topological polar surface area (TPSA) is 21.1 Å². The number of fused-ring (bicyclic) bond motifs is 1. The molecule has 3 heteroatoms. The maximum atomic E-state index is 4.63. The Labute approximate surface area is 141 Å². The minimum atomic E-state index is 0. The van der Waals surface area contributed by atoms with Crippen LogP contribution >= 0.6 is 0 Å². The molecule has 134 valence electrons. The molecular weight excluding hydrogens is 270 g/mol. The fourth-order valence-electron chi connectivity index (χ4n) is 2.03. The zero-order chi connectivity index (χ0) is 17.0. The molecule has 0 fully saturated rings. The van der Waals surface area contributed by atoms with Crippen LogP contribution < -0.4 is 0 Å². The molecule has 2 heterocycles. The summed E-state index contributed by atoms with van der Waals surface area (Å²) in [7, 11) is 0. The van der Waals surface area contributed by atoms with E-state index in [0.29, 0.717) is 12.0 Å². The van der Waals surface area contributed by atoms with Crippen molar-refractivity contribution in [1.82, 2.24) is 14.7 Å². The van der Waals surface area contributed by atoms with Crippen molar-refractivity contribution in [1.29, 1.82) is 0 Å². The summed E-state index contributed by atoms with van der Waals surface area (Å²) in [5, 5.41) is 4.63. The number of nitrogens with zero attached hydrogens (tertiary/aromatic N) is 3. The standard InChI is InChI=1S/C12H21N3.3C2H6.CH4/c1-9(2)12-7-11-8-14(10(3)4)5-6-15(11)13-12;3*1-2;/h7,9-10H,5-6,8H2,1-4H3;3*1-2H3;1H4. The second-order valence-electron chi connectivity index (χ2n) is 5.00. The second kappa shape index (κ2) is 15.1. The van der Waals surface area contributed by atoms with Crippen molar-refractivity contribution in [2.45, 2.75) is 102 Å². The van der Waals surface area contributed by atoms with E-state index in [4.69, 9.17) is 0 Å². The molecule has 0 N–H and O–H groups in total. The zero-order valence-corrected chi connectivity index (χ0v) is 16.2. The lowest BCUT2D eigenvalue weighted by molar-refractivity contribution is 0.171. The molecule has 0 saturated heterocycles. The molecule has 0 unspecified atom stereocenters. The first-order chi connectivity index (χ1) is 10.1. The van der Waals surface area contributed by atoms with Crippen molar-refractivity contribution in [3.05, 3.63) is 17.5 Å². The van der Waals surface area contributed by atoms with Crippen molar-refractivity contribution in [3.8, 4) is 0 Å². The highest BCUT2D eigenvalue weighted by atomic mass is 15.3. The van der Waals surface area contributed by atoms with Gasteiger partial charge in [-0.15, -0.1) is 0 Å². The van der Waals surface area contributed by atoms with Gasteiger partial charge in [0.1, 0.15) is 0 Å². The van der Waals surface area contributed by atoms with E-state index in [1.807, 2.05) is 41.5 Å². The molecule has 1 aromatic heterocycles. The highest BCUT2D eigenvalue weighted by molar-refractivity contribution is 5.14. The summed E-state index contributed by atoms with van der Waals surface area (Å²) < 4.78 is 2.17. The maximum Gasteiger partial charge on any atom is 0.0653 e. The Morgan fingerprint density at radius 2 is 1.41 bits per heavy atom. The minimum absolute atomic E-state index is 0. The molecule has 0 aliphatic carbocycles. The fraction of sp³-hybridized carbons (Fsp3) is 0.842. The second-order valence-corrected chi connectivity index (χ2v) is 5.00. The van der Waals surface area contributed by atoms with E-state index < -0.39 is 0 Å². The van der Waals surface area contributed by atoms with E-state index in [0.717, 1.165) is 19.6 Å². The first-order valence-corrected chi connectivity index (χ1v) is 8.88. The Hall–Kier alpha value is -0.830. The van der Waals surface area contributed by atoms with Crippen LogP contribution in [-0.2, 0) is 13.1 Å². The number of hydrogen-bond donors (Lipinski definition) is 0. The Morgan fingerprint density at radius 1 is 0.909 bits per heavy atom. The van der Waals surface area contributed by atoms with Gasteiger partial charge >= 0.3 is 0 Å². The van der Waals surface area contributed by atoms with E-state index in [9.17, 15) is 0 Å². The molecule has 0 radical (unpaired) electrons. The van der Waals surface area contributed by atoms with Crippen LogP contribution in [0.15, 0.2) is 6.07 Å². The monoisotopic (exact) mass is 313 g/mol. The van der Waals surface area contributed by atoms with Crippen LogP contribution in [0, 0.1) is 0 Å². The number of aromatic nitrogens is 2. The third-order valence-electron chi connectivity index (χ3n) is 3.17. The molecule has 22 heavy (non-hydrogen) atoms. The first-order valence-electron chi connectivity index (χ1n) is 8.88. The molecule has 0 bridgehead atoms. The summed E-state index contributed by atoms with van der Waals surface area (Å²) in [6.07, 6.45) is 0. The van der Waals surface area contributed by atoms with Crippen LogP contribution in [0.25, 0.3) is 0 Å². The van der Waals surface area contributed by atoms with E-state index in [-0.39, 0.29) is 7.43 Å². The summed E-state index contributed by atoms with van der Waals surface area (Å²) >= 11 is 0. The van der Waals surface area contributed by atoms with E-state index in [1.165, 1.54) is 11.4 Å². The highest BCUT2D eigenvalue weighted by Crippen LogP contribution is 2.19. The minimum Gasteiger partial charge on any atom is -0.293 e. The first kappa shape index (κ1) is 26.1. The van der Waals surface area contributed by atoms with Gasteiger partial charge in [-0.2, -0.15) is 5.10 Å². The average Bonchev–Trinajstić information content (AvgIpc) is 2.96. The van der Waals surface area contributed by atoms with Crippen LogP contribution in [0.2, 0.25) is 0 Å². The number of rotatable bonds is 2. The van der Waals surface area contributed by atoms with E-state index >= 15 is 0 Å². The summed E-state index contributed by atoms with van der Waals surface area (Å²) in [5.41, 5.74) is 2.61. The average molecular weight is 314 g/mol. The molecule has 0 atom stereocenters. The molecular formula is C19H43N3. The third-order valence-corrected chi connectivity index (χ3v) is 3.17. The molecule has 1 aromatic rings. The lowest BCUT2D eigenvalue weighted by Gasteiger charge is -2.30. The lowest BCUT2D eigenvalue weighted by atomic mass is 10.1. The molecule has 1 aliphatic heterocycles. The van der Waals surface area contributed by atoms with Crippen LogP contribution in [0.1, 0.15) is 94.0 Å². The van der Waals surface area contributed by atoms with Crippen molar-refractivity contribution in [3.63, 3.8) is 0 Å². The van der Waals surface area contributed by atoms with Crippen molar-refractivity contribution < 1.29 is 0 Å². The highest BCUT2D eigenvalue weighted by Gasteiger charge is 2.20. The molecule has 2 rings (SSSR count). The van der Waals surface area contributed by atoms with Crippen molar-refractivity contribution in [2.24, 2.45) is 0 Å².